The van der Waals surface area contributed by atoms with Gasteiger partial charge in [-0.25, -0.2) is 4.39 Å². The molecule has 1 aromatic heterocycles. The minimum absolute atomic E-state index is 0.231. The van der Waals surface area contributed by atoms with Gasteiger partial charge in [0.25, 0.3) is 5.56 Å². The molecule has 1 saturated heterocycles. The summed E-state index contributed by atoms with van der Waals surface area (Å²) >= 11 is 0. The van der Waals surface area contributed by atoms with Gasteiger partial charge in [0, 0.05) is 11.8 Å². The van der Waals surface area contributed by atoms with Crippen LogP contribution in [0.1, 0.15) is 33.3 Å². The Hall–Kier alpha value is -1.40. The van der Waals surface area contributed by atoms with Crippen molar-refractivity contribution in [2.24, 2.45) is 0 Å². The molecule has 102 valence electrons. The van der Waals surface area contributed by atoms with Gasteiger partial charge in [-0.3, -0.25) is 4.79 Å². The minimum Gasteiger partial charge on any atom is -0.398 e. The van der Waals surface area contributed by atoms with E-state index < -0.39 is 24.0 Å². The first-order chi connectivity index (χ1) is 8.73. The average molecular weight is 265 g/mol. The number of hydrogen-bond acceptors (Lipinski definition) is 3. The fourth-order valence-corrected chi connectivity index (χ4v) is 1.72. The van der Waals surface area contributed by atoms with Crippen molar-refractivity contribution in [1.29, 1.82) is 0 Å². The highest BCUT2D eigenvalue weighted by Crippen LogP contribution is 2.38. The van der Waals surface area contributed by atoms with Crippen molar-refractivity contribution >= 4 is 13.2 Å². The smallest absolute Gasteiger partial charge is 0.398 e. The molecular formula is C13H17BFNO3. The predicted octanol–water partition coefficient (Wildman–Crippen LogP) is 2.32. The molecule has 2 rings (SSSR count). The molecule has 0 aromatic carbocycles. The summed E-state index contributed by atoms with van der Waals surface area (Å²) in [7, 11) is -1.08. The second-order valence-electron chi connectivity index (χ2n) is 5.57. The first kappa shape index (κ1) is 14.0. The van der Waals surface area contributed by atoms with Crippen LogP contribution in [0.3, 0.4) is 0 Å². The summed E-state index contributed by atoms with van der Waals surface area (Å²) in [6, 6.07) is 3.16. The van der Waals surface area contributed by atoms with E-state index in [9.17, 15) is 9.18 Å². The van der Waals surface area contributed by atoms with Crippen LogP contribution < -0.4 is 5.56 Å². The third-order valence-electron chi connectivity index (χ3n) is 3.62. The molecule has 0 unspecified atom stereocenters. The molecule has 0 amide bonds. The largest absolute Gasteiger partial charge is 0.525 e. The van der Waals surface area contributed by atoms with Gasteiger partial charge in [-0.1, -0.05) is 0 Å². The van der Waals surface area contributed by atoms with Crippen LogP contribution >= 0.6 is 0 Å². The van der Waals surface area contributed by atoms with E-state index in [2.05, 4.69) is 4.98 Å². The summed E-state index contributed by atoms with van der Waals surface area (Å²) in [4.78, 5) is 14.0. The van der Waals surface area contributed by atoms with E-state index in [1.54, 1.807) is 6.07 Å². The summed E-state index contributed by atoms with van der Waals surface area (Å²) in [5.41, 5.74) is -1.95. The maximum atomic E-state index is 14.1. The van der Waals surface area contributed by atoms with E-state index >= 15 is 0 Å². The Morgan fingerprint density at radius 2 is 1.89 bits per heavy atom. The number of nitrogens with one attached hydrogen (secondary N) is 1. The molecular weight excluding hydrogens is 248 g/mol. The van der Waals surface area contributed by atoms with Gasteiger partial charge in [0.2, 0.25) is 0 Å². The van der Waals surface area contributed by atoms with Crippen molar-refractivity contribution in [3.05, 3.63) is 40.0 Å². The number of pyridine rings is 1. The van der Waals surface area contributed by atoms with Crippen molar-refractivity contribution in [3.63, 3.8) is 0 Å². The van der Waals surface area contributed by atoms with Gasteiger partial charge < -0.3 is 14.3 Å². The monoisotopic (exact) mass is 265 g/mol. The third-order valence-corrected chi connectivity index (χ3v) is 3.62. The number of halogens is 1. The van der Waals surface area contributed by atoms with Gasteiger partial charge in [-0.2, -0.15) is 0 Å². The molecule has 1 aliphatic rings. The number of aromatic nitrogens is 1. The molecule has 0 atom stereocenters. The summed E-state index contributed by atoms with van der Waals surface area (Å²) in [5.74, 6) is 0. The molecule has 1 aromatic rings. The zero-order valence-corrected chi connectivity index (χ0v) is 11.5. The molecule has 0 aliphatic carbocycles. The van der Waals surface area contributed by atoms with E-state index in [0.717, 1.165) is 6.08 Å². The van der Waals surface area contributed by atoms with Crippen molar-refractivity contribution in [1.82, 2.24) is 4.98 Å². The zero-order chi connectivity index (χ0) is 14.3. The van der Waals surface area contributed by atoms with Crippen LogP contribution in [0.15, 0.2) is 28.9 Å². The Bertz CT molecular complexity index is 549. The number of H-pyrrole nitrogens is 1. The van der Waals surface area contributed by atoms with Gasteiger partial charge in [0.05, 0.1) is 11.2 Å². The van der Waals surface area contributed by atoms with Crippen molar-refractivity contribution in [2.45, 2.75) is 38.9 Å². The fourth-order valence-electron chi connectivity index (χ4n) is 1.72. The van der Waals surface area contributed by atoms with E-state index in [1.807, 2.05) is 27.7 Å². The van der Waals surface area contributed by atoms with Crippen LogP contribution in [0.4, 0.5) is 4.39 Å². The molecule has 6 heteroatoms. The van der Waals surface area contributed by atoms with Gasteiger partial charge in [-0.05, 0) is 45.9 Å². The standard InChI is InChI=1S/C13H17BFNO3/c1-12(2)13(3,4)19-14(18-12)10(15)8-9-6-5-7-16-11(9)17/h5-8H,1-4H3,(H,16,17). The first-order valence-electron chi connectivity index (χ1n) is 6.13. The predicted molar refractivity (Wildman–Crippen MR) is 72.2 cm³/mol. The van der Waals surface area contributed by atoms with E-state index in [1.165, 1.54) is 12.3 Å². The van der Waals surface area contributed by atoms with Crippen LogP contribution in [0.2, 0.25) is 0 Å². The highest BCUT2D eigenvalue weighted by Gasteiger charge is 2.53. The maximum absolute atomic E-state index is 14.1. The van der Waals surface area contributed by atoms with Crippen LogP contribution in [0.5, 0.6) is 0 Å². The zero-order valence-electron chi connectivity index (χ0n) is 11.5. The van der Waals surface area contributed by atoms with Crippen LogP contribution in [0, 0.1) is 0 Å². The molecule has 1 aliphatic heterocycles. The Balaban J connectivity index is 2.25. The summed E-state index contributed by atoms with van der Waals surface area (Å²) in [6.45, 7) is 7.37. The van der Waals surface area contributed by atoms with Gasteiger partial charge in [0.1, 0.15) is 5.73 Å². The summed E-state index contributed by atoms with van der Waals surface area (Å²) in [5, 5.41) is 0. The third kappa shape index (κ3) is 2.64. The lowest BCUT2D eigenvalue weighted by Crippen LogP contribution is -2.41. The molecule has 4 nitrogen and oxygen atoms in total. The summed E-state index contributed by atoms with van der Waals surface area (Å²) in [6.07, 6.45) is 2.63. The van der Waals surface area contributed by atoms with Crippen LogP contribution in [-0.4, -0.2) is 23.3 Å². The van der Waals surface area contributed by atoms with Gasteiger partial charge in [0.15, 0.2) is 0 Å². The Kier molecular flexibility index (Phi) is 3.41. The van der Waals surface area contributed by atoms with E-state index in [0.29, 0.717) is 0 Å². The Morgan fingerprint density at radius 3 is 2.42 bits per heavy atom. The second-order valence-corrected chi connectivity index (χ2v) is 5.57. The number of hydrogen-bond donors (Lipinski definition) is 1. The normalized spacial score (nSPS) is 21.7. The van der Waals surface area contributed by atoms with Gasteiger partial charge >= 0.3 is 7.12 Å². The topological polar surface area (TPSA) is 51.3 Å². The highest BCUT2D eigenvalue weighted by atomic mass is 19.1. The molecule has 0 saturated carbocycles. The van der Waals surface area contributed by atoms with E-state index in [4.69, 9.17) is 9.31 Å². The average Bonchev–Trinajstić information content (AvgIpc) is 2.51. The summed E-state index contributed by atoms with van der Waals surface area (Å²) < 4.78 is 25.2. The second kappa shape index (κ2) is 4.61. The lowest BCUT2D eigenvalue weighted by Gasteiger charge is -2.32. The first-order valence-corrected chi connectivity index (χ1v) is 6.13. The highest BCUT2D eigenvalue weighted by molar-refractivity contribution is 6.54. The molecule has 0 spiro atoms. The quantitative estimate of drug-likeness (QED) is 0.835. The minimum atomic E-state index is -1.08. The molecule has 19 heavy (non-hydrogen) atoms. The van der Waals surface area contributed by atoms with Gasteiger partial charge in [-0.15, -0.1) is 0 Å². The van der Waals surface area contributed by atoms with Crippen LogP contribution in [0.25, 0.3) is 6.08 Å². The Morgan fingerprint density at radius 1 is 1.32 bits per heavy atom. The molecule has 0 bridgehead atoms. The van der Waals surface area contributed by atoms with E-state index in [-0.39, 0.29) is 11.1 Å². The van der Waals surface area contributed by atoms with Crippen LogP contribution in [-0.2, 0) is 9.31 Å². The SMILES string of the molecule is CC1(C)OB(C(F)=Cc2ccc[nH]c2=O)OC1(C)C. The fraction of sp³-hybridized carbons (Fsp3) is 0.462. The Labute approximate surface area is 111 Å². The maximum Gasteiger partial charge on any atom is 0.525 e. The molecule has 2 heterocycles. The number of aromatic amines is 1. The van der Waals surface area contributed by atoms with Crippen molar-refractivity contribution < 1.29 is 13.7 Å². The molecule has 1 N–H and O–H groups in total. The number of rotatable bonds is 2. The van der Waals surface area contributed by atoms with Crippen molar-refractivity contribution in [3.8, 4) is 0 Å². The lowest BCUT2D eigenvalue weighted by molar-refractivity contribution is 0.00578. The molecule has 1 fully saturated rings. The van der Waals surface area contributed by atoms with Crippen molar-refractivity contribution in [2.75, 3.05) is 0 Å². The lowest BCUT2D eigenvalue weighted by atomic mass is 9.87. The molecule has 0 radical (unpaired) electrons.